The van der Waals surface area contributed by atoms with E-state index in [4.69, 9.17) is 0 Å². The summed E-state index contributed by atoms with van der Waals surface area (Å²) in [5.41, 5.74) is 0.315. The zero-order chi connectivity index (χ0) is 12.6. The first-order valence-corrected chi connectivity index (χ1v) is 5.75. The second-order valence-corrected chi connectivity index (χ2v) is 3.48. The standard InChI is InChI=1S/C11H15BrN2O2/c1-4-6-13-11(16)14(7-5-2)10(15)9(3)8-12/h4-5H,1-3,6-8H2,(H,13,16). The number of urea groups is 1. The average Bonchev–Trinajstić information content (AvgIpc) is 2.30. The van der Waals surface area contributed by atoms with Crippen LogP contribution in [0.2, 0.25) is 0 Å². The van der Waals surface area contributed by atoms with Crippen LogP contribution < -0.4 is 5.32 Å². The van der Waals surface area contributed by atoms with Gasteiger partial charge in [-0.25, -0.2) is 4.79 Å². The van der Waals surface area contributed by atoms with Crippen molar-refractivity contribution in [1.82, 2.24) is 10.2 Å². The third kappa shape index (κ3) is 4.44. The lowest BCUT2D eigenvalue weighted by Gasteiger charge is -2.19. The van der Waals surface area contributed by atoms with Crippen molar-refractivity contribution in [2.45, 2.75) is 0 Å². The first-order chi connectivity index (χ1) is 7.58. The molecule has 0 heterocycles. The fourth-order valence-electron chi connectivity index (χ4n) is 0.890. The Labute approximate surface area is 104 Å². The molecule has 0 aromatic rings. The molecule has 0 bridgehead atoms. The van der Waals surface area contributed by atoms with Crippen molar-refractivity contribution in [1.29, 1.82) is 0 Å². The number of amides is 3. The number of nitrogens with one attached hydrogen (secondary N) is 1. The Bertz CT molecular complexity index is 313. The molecule has 0 spiro atoms. The molecule has 16 heavy (non-hydrogen) atoms. The van der Waals surface area contributed by atoms with Crippen molar-refractivity contribution in [2.24, 2.45) is 0 Å². The Morgan fingerprint density at radius 2 is 1.94 bits per heavy atom. The number of rotatable bonds is 6. The molecule has 0 aliphatic carbocycles. The molecule has 0 radical (unpaired) electrons. The summed E-state index contributed by atoms with van der Waals surface area (Å²) < 4.78 is 0. The number of hydrogen-bond donors (Lipinski definition) is 1. The first kappa shape index (κ1) is 14.6. The number of halogens is 1. The van der Waals surface area contributed by atoms with Crippen LogP contribution >= 0.6 is 15.9 Å². The van der Waals surface area contributed by atoms with Crippen molar-refractivity contribution >= 4 is 27.9 Å². The molecule has 0 fully saturated rings. The highest BCUT2D eigenvalue weighted by Crippen LogP contribution is 2.04. The Hall–Kier alpha value is -1.36. The minimum Gasteiger partial charge on any atom is -0.334 e. The molecule has 0 saturated heterocycles. The average molecular weight is 287 g/mol. The van der Waals surface area contributed by atoms with Crippen LogP contribution in [0.1, 0.15) is 0 Å². The normalized spacial score (nSPS) is 9.06. The van der Waals surface area contributed by atoms with Crippen LogP contribution in [0.3, 0.4) is 0 Å². The summed E-state index contributed by atoms with van der Waals surface area (Å²) in [6, 6.07) is -0.480. The third-order valence-corrected chi connectivity index (χ3v) is 2.34. The second kappa shape index (κ2) is 7.87. The molecule has 3 amide bonds. The highest BCUT2D eigenvalue weighted by Gasteiger charge is 2.21. The van der Waals surface area contributed by atoms with E-state index in [9.17, 15) is 9.59 Å². The van der Waals surface area contributed by atoms with Crippen LogP contribution in [-0.4, -0.2) is 35.3 Å². The van der Waals surface area contributed by atoms with Crippen LogP contribution in [-0.2, 0) is 4.79 Å². The number of carbonyl (C=O) groups is 2. The molecule has 88 valence electrons. The maximum atomic E-state index is 11.7. The summed E-state index contributed by atoms with van der Waals surface area (Å²) in [6.45, 7) is 11.0. The third-order valence-electron chi connectivity index (χ3n) is 1.66. The lowest BCUT2D eigenvalue weighted by molar-refractivity contribution is -0.123. The maximum absolute atomic E-state index is 11.7. The lowest BCUT2D eigenvalue weighted by atomic mass is 10.3. The van der Waals surface area contributed by atoms with Crippen molar-refractivity contribution in [2.75, 3.05) is 18.4 Å². The van der Waals surface area contributed by atoms with Crippen LogP contribution in [0.5, 0.6) is 0 Å². The fraction of sp³-hybridized carbons (Fsp3) is 0.273. The van der Waals surface area contributed by atoms with E-state index in [-0.39, 0.29) is 6.54 Å². The number of hydrogen-bond acceptors (Lipinski definition) is 2. The van der Waals surface area contributed by atoms with E-state index in [1.54, 1.807) is 0 Å². The predicted molar refractivity (Wildman–Crippen MR) is 68.4 cm³/mol. The van der Waals surface area contributed by atoms with Gasteiger partial charge in [0.15, 0.2) is 0 Å². The van der Waals surface area contributed by atoms with Gasteiger partial charge in [0.1, 0.15) is 0 Å². The van der Waals surface area contributed by atoms with Crippen LogP contribution in [0.25, 0.3) is 0 Å². The molecule has 0 aromatic heterocycles. The van der Waals surface area contributed by atoms with Gasteiger partial charge in [-0.15, -0.1) is 13.2 Å². The van der Waals surface area contributed by atoms with Crippen LogP contribution in [0.15, 0.2) is 37.5 Å². The van der Waals surface area contributed by atoms with E-state index in [1.807, 2.05) is 0 Å². The predicted octanol–water partition coefficient (Wildman–Crippen LogP) is 1.85. The molecule has 0 aliphatic rings. The van der Waals surface area contributed by atoms with Gasteiger partial charge in [-0.2, -0.15) is 0 Å². The Balaban J connectivity index is 4.64. The number of imide groups is 1. The summed E-state index contributed by atoms with van der Waals surface area (Å²) in [5.74, 6) is -0.418. The first-order valence-electron chi connectivity index (χ1n) is 4.63. The van der Waals surface area contributed by atoms with Gasteiger partial charge in [0.25, 0.3) is 5.91 Å². The molecule has 5 heteroatoms. The Morgan fingerprint density at radius 1 is 1.31 bits per heavy atom. The minimum atomic E-state index is -0.480. The van der Waals surface area contributed by atoms with Gasteiger partial charge in [0.2, 0.25) is 0 Å². The second-order valence-electron chi connectivity index (χ2n) is 2.92. The largest absolute Gasteiger partial charge is 0.334 e. The van der Waals surface area contributed by atoms with Crippen molar-refractivity contribution in [3.63, 3.8) is 0 Å². The topological polar surface area (TPSA) is 49.4 Å². The van der Waals surface area contributed by atoms with Crippen molar-refractivity contribution in [3.05, 3.63) is 37.5 Å². The van der Waals surface area contributed by atoms with Crippen LogP contribution in [0, 0.1) is 0 Å². The summed E-state index contributed by atoms with van der Waals surface area (Å²) in [5, 5.41) is 2.85. The van der Waals surface area contributed by atoms with Gasteiger partial charge in [0, 0.05) is 24.0 Å². The number of carbonyl (C=O) groups excluding carboxylic acids is 2. The minimum absolute atomic E-state index is 0.147. The summed E-state index contributed by atoms with van der Waals surface area (Å²) in [6.07, 6.45) is 3.01. The summed E-state index contributed by atoms with van der Waals surface area (Å²) in [4.78, 5) is 24.4. The molecule has 0 aromatic carbocycles. The molecule has 0 unspecified atom stereocenters. The van der Waals surface area contributed by atoms with E-state index in [0.717, 1.165) is 4.90 Å². The van der Waals surface area contributed by atoms with Gasteiger partial charge < -0.3 is 5.32 Å². The van der Waals surface area contributed by atoms with E-state index in [0.29, 0.717) is 17.4 Å². The van der Waals surface area contributed by atoms with Crippen molar-refractivity contribution in [3.8, 4) is 0 Å². The van der Waals surface area contributed by atoms with Crippen LogP contribution in [0.4, 0.5) is 4.79 Å². The van der Waals surface area contributed by atoms with E-state index in [1.165, 1.54) is 12.2 Å². The maximum Gasteiger partial charge on any atom is 0.324 e. The summed E-state index contributed by atoms with van der Waals surface area (Å²) >= 11 is 3.12. The van der Waals surface area contributed by atoms with E-state index >= 15 is 0 Å². The highest BCUT2D eigenvalue weighted by atomic mass is 79.9. The Kier molecular flexibility index (Phi) is 7.20. The smallest absolute Gasteiger partial charge is 0.324 e. The number of alkyl halides is 1. The zero-order valence-electron chi connectivity index (χ0n) is 9.04. The number of nitrogens with zero attached hydrogens (tertiary/aromatic N) is 1. The molecule has 0 aliphatic heterocycles. The van der Waals surface area contributed by atoms with Gasteiger partial charge in [-0.3, -0.25) is 9.69 Å². The fourth-order valence-corrected chi connectivity index (χ4v) is 1.13. The van der Waals surface area contributed by atoms with Gasteiger partial charge >= 0.3 is 6.03 Å². The molecular weight excluding hydrogens is 272 g/mol. The summed E-state index contributed by atoms with van der Waals surface area (Å²) in [7, 11) is 0. The zero-order valence-corrected chi connectivity index (χ0v) is 10.6. The van der Waals surface area contributed by atoms with Crippen molar-refractivity contribution < 1.29 is 9.59 Å². The highest BCUT2D eigenvalue weighted by molar-refractivity contribution is 9.09. The van der Waals surface area contributed by atoms with Gasteiger partial charge in [-0.1, -0.05) is 34.7 Å². The molecule has 0 atom stereocenters. The SMILES string of the molecule is C=CCNC(=O)N(CC=C)C(=O)C(=C)CBr. The van der Waals surface area contributed by atoms with E-state index < -0.39 is 11.9 Å². The molecule has 4 nitrogen and oxygen atoms in total. The quantitative estimate of drug-likeness (QED) is 0.460. The molecule has 1 N–H and O–H groups in total. The Morgan fingerprint density at radius 3 is 2.38 bits per heavy atom. The van der Waals surface area contributed by atoms with E-state index in [2.05, 4.69) is 41.0 Å². The monoisotopic (exact) mass is 286 g/mol. The molecule has 0 rings (SSSR count). The van der Waals surface area contributed by atoms with Gasteiger partial charge in [-0.05, 0) is 0 Å². The molecular formula is C11H15BrN2O2. The van der Waals surface area contributed by atoms with Gasteiger partial charge in [0.05, 0.1) is 0 Å². The lowest BCUT2D eigenvalue weighted by Crippen LogP contribution is -2.44. The molecule has 0 saturated carbocycles.